The van der Waals surface area contributed by atoms with E-state index < -0.39 is 26.7 Å². The van der Waals surface area contributed by atoms with Gasteiger partial charge in [-0.25, -0.2) is 0 Å². The van der Waals surface area contributed by atoms with Gasteiger partial charge in [0, 0.05) is 12.8 Å². The Hall–Kier alpha value is 0.950. The monoisotopic (exact) mass is 419 g/mol. The number of hydrogen-bond donors (Lipinski definition) is 5. The predicted octanol–water partition coefficient (Wildman–Crippen LogP) is -3.52. The Morgan fingerprint density at radius 1 is 1.00 bits per heavy atom. The molecule has 0 saturated heterocycles. The third-order valence-corrected chi connectivity index (χ3v) is 6.15. The van der Waals surface area contributed by atoms with Crippen molar-refractivity contribution in [3.8, 4) is 0 Å². The van der Waals surface area contributed by atoms with Crippen LogP contribution in [0.4, 0.5) is 0 Å². The summed E-state index contributed by atoms with van der Waals surface area (Å²) >= 11 is 0. The molecule has 0 fully saturated rings. The second-order valence-electron chi connectivity index (χ2n) is 4.98. The molecule has 0 aliphatic heterocycles. The van der Waals surface area contributed by atoms with E-state index in [1.807, 2.05) is 21.1 Å². The van der Waals surface area contributed by atoms with E-state index >= 15 is 0 Å². The summed E-state index contributed by atoms with van der Waals surface area (Å²) in [6.45, 7) is 0.419. The second kappa shape index (κ2) is 6.60. The van der Waals surface area contributed by atoms with Gasteiger partial charge in [-0.15, -0.1) is 0 Å². The molecule has 0 heterocycles. The normalized spacial score (nSPS) is 14.2. The molecule has 0 rings (SSSR count). The van der Waals surface area contributed by atoms with Gasteiger partial charge >= 0.3 is 15.2 Å². The number of halogens is 1. The summed E-state index contributed by atoms with van der Waals surface area (Å²) in [5.41, 5.74) is 0. The fourth-order valence-corrected chi connectivity index (χ4v) is 3.51. The van der Waals surface area contributed by atoms with E-state index in [9.17, 15) is 14.2 Å². The van der Waals surface area contributed by atoms with Crippen molar-refractivity contribution in [3.05, 3.63) is 0 Å². The van der Waals surface area contributed by atoms with E-state index in [0.717, 1.165) is 0 Å². The van der Waals surface area contributed by atoms with E-state index in [4.69, 9.17) is 19.6 Å². The molecule has 112 valence electrons. The number of hydrogen-bond acceptors (Lipinski definition) is 3. The lowest BCUT2D eigenvalue weighted by molar-refractivity contribution is -0.870. The number of nitrogens with zero attached hydrogens (tertiary/aromatic N) is 1. The molecule has 11 heteroatoms. The Morgan fingerprint density at radius 3 is 1.56 bits per heavy atom. The second-order valence-corrected chi connectivity index (χ2v) is 8.99. The van der Waals surface area contributed by atoms with Crippen LogP contribution in [0.5, 0.6) is 0 Å². The Kier molecular flexibility index (Phi) is 7.79. The molecule has 0 aliphatic carbocycles. The summed E-state index contributed by atoms with van der Waals surface area (Å²) in [7, 11) is -5.17. The minimum Gasteiger partial charge on any atom is -1.00 e. The molecule has 8 nitrogen and oxygen atoms in total. The molecule has 0 radical (unpaired) electrons. The van der Waals surface area contributed by atoms with Gasteiger partial charge in [-0.2, -0.15) is 0 Å². The zero-order chi connectivity index (χ0) is 14.1. The minimum atomic E-state index is -5.31. The highest BCUT2D eigenvalue weighted by Gasteiger charge is 2.58. The lowest BCUT2D eigenvalue weighted by Gasteiger charge is -2.30. The van der Waals surface area contributed by atoms with Crippen molar-refractivity contribution in [2.75, 3.05) is 27.7 Å². The molecule has 0 atom stereocenters. The minimum absolute atomic E-state index is 0. The maximum absolute atomic E-state index is 11.0. The standard InChI is InChI=1S/C7H19NO7P2.HI/c1-8(2,3)6-4-5-7(9,16(10,11)12)17(13,14)15;/h9H,4-6H2,1-3H3,(H3-,10,11,12,13,14,15);1H. The lowest BCUT2D eigenvalue weighted by atomic mass is 10.3. The van der Waals surface area contributed by atoms with Crippen LogP contribution in [0.15, 0.2) is 0 Å². The molecule has 0 bridgehead atoms. The summed E-state index contributed by atoms with van der Waals surface area (Å²) in [6, 6.07) is 0. The van der Waals surface area contributed by atoms with Crippen LogP contribution in [0.25, 0.3) is 0 Å². The van der Waals surface area contributed by atoms with Gasteiger partial charge in [0.15, 0.2) is 0 Å². The molecule has 0 saturated carbocycles. The third-order valence-electron chi connectivity index (χ3n) is 2.27. The molecule has 0 amide bonds. The average molecular weight is 419 g/mol. The van der Waals surface area contributed by atoms with Crippen molar-refractivity contribution < 1.29 is 62.3 Å². The van der Waals surface area contributed by atoms with Crippen molar-refractivity contribution in [2.45, 2.75) is 17.9 Å². The van der Waals surface area contributed by atoms with Gasteiger partial charge in [-0.05, 0) is 0 Å². The highest BCUT2D eigenvalue weighted by atomic mass is 127. The van der Waals surface area contributed by atoms with E-state index in [-0.39, 0.29) is 30.4 Å². The van der Waals surface area contributed by atoms with Gasteiger partial charge in [0.1, 0.15) is 0 Å². The van der Waals surface area contributed by atoms with Crippen molar-refractivity contribution in [2.24, 2.45) is 0 Å². The third kappa shape index (κ3) is 5.94. The summed E-state index contributed by atoms with van der Waals surface area (Å²) in [5.74, 6) is 0. The topological polar surface area (TPSA) is 135 Å². The molecule has 0 aromatic rings. The maximum Gasteiger partial charge on any atom is 0.369 e. The lowest BCUT2D eigenvalue weighted by Crippen LogP contribution is -3.00. The van der Waals surface area contributed by atoms with Gasteiger partial charge in [-0.1, -0.05) is 0 Å². The number of aliphatic hydroxyl groups is 1. The first kappa shape index (κ1) is 21.3. The van der Waals surface area contributed by atoms with Crippen molar-refractivity contribution in [3.63, 3.8) is 0 Å². The van der Waals surface area contributed by atoms with Gasteiger partial charge in [-0.3, -0.25) is 9.13 Å². The maximum atomic E-state index is 11.0. The molecule has 0 spiro atoms. The molecule has 0 aromatic carbocycles. The van der Waals surface area contributed by atoms with Crippen LogP contribution in [0.2, 0.25) is 0 Å². The molecule has 5 N–H and O–H groups in total. The quantitative estimate of drug-likeness (QED) is 0.171. The van der Waals surface area contributed by atoms with E-state index in [2.05, 4.69) is 0 Å². The molecule has 0 aliphatic rings. The van der Waals surface area contributed by atoms with Gasteiger partial charge in [0.25, 0.3) is 5.08 Å². The number of quaternary nitrogens is 1. The molecular formula is C7H20INO7P2. The van der Waals surface area contributed by atoms with Crippen LogP contribution in [0.3, 0.4) is 0 Å². The van der Waals surface area contributed by atoms with Crippen LogP contribution in [-0.4, -0.2) is 61.9 Å². The first-order valence-electron chi connectivity index (χ1n) is 4.85. The first-order valence-corrected chi connectivity index (χ1v) is 8.07. The van der Waals surface area contributed by atoms with Crippen LogP contribution in [0, 0.1) is 0 Å². The molecule has 0 unspecified atom stereocenters. The van der Waals surface area contributed by atoms with Gasteiger partial charge in [0.05, 0.1) is 27.7 Å². The van der Waals surface area contributed by atoms with E-state index in [1.54, 1.807) is 0 Å². The van der Waals surface area contributed by atoms with Crippen LogP contribution >= 0.6 is 15.2 Å². The first-order chi connectivity index (χ1) is 7.21. The Balaban J connectivity index is 0. The average Bonchev–Trinajstić information content (AvgIpc) is 1.96. The van der Waals surface area contributed by atoms with E-state index in [1.165, 1.54) is 0 Å². The fourth-order valence-electron chi connectivity index (χ4n) is 1.25. The zero-order valence-corrected chi connectivity index (χ0v) is 14.3. The van der Waals surface area contributed by atoms with Crippen molar-refractivity contribution in [1.29, 1.82) is 0 Å². The predicted molar refractivity (Wildman–Crippen MR) is 61.2 cm³/mol. The van der Waals surface area contributed by atoms with Gasteiger partial charge < -0.3 is 53.1 Å². The van der Waals surface area contributed by atoms with Crippen LogP contribution in [0.1, 0.15) is 12.8 Å². The Labute approximate surface area is 123 Å². The zero-order valence-electron chi connectivity index (χ0n) is 10.4. The van der Waals surface area contributed by atoms with Gasteiger partial charge in [0.2, 0.25) is 0 Å². The summed E-state index contributed by atoms with van der Waals surface area (Å²) in [5, 5.41) is 6.27. The number of rotatable bonds is 6. The Bertz CT molecular complexity index is 335. The Morgan fingerprint density at radius 2 is 1.33 bits per heavy atom. The van der Waals surface area contributed by atoms with Crippen LogP contribution in [-0.2, 0) is 9.13 Å². The molecule has 0 aromatic heterocycles. The summed E-state index contributed by atoms with van der Waals surface area (Å²) in [6.07, 6.45) is -0.576. The molecule has 18 heavy (non-hydrogen) atoms. The van der Waals surface area contributed by atoms with Crippen molar-refractivity contribution in [1.82, 2.24) is 0 Å². The smallest absolute Gasteiger partial charge is 0.369 e. The van der Waals surface area contributed by atoms with E-state index in [0.29, 0.717) is 11.0 Å². The summed E-state index contributed by atoms with van der Waals surface area (Å²) in [4.78, 5) is 35.5. The fraction of sp³-hybridized carbons (Fsp3) is 1.00. The van der Waals surface area contributed by atoms with Crippen LogP contribution < -0.4 is 24.0 Å². The largest absolute Gasteiger partial charge is 1.00 e. The highest BCUT2D eigenvalue weighted by Crippen LogP contribution is 2.69. The highest BCUT2D eigenvalue weighted by molar-refractivity contribution is 7.72. The summed E-state index contributed by atoms with van der Waals surface area (Å²) < 4.78 is 22.5. The van der Waals surface area contributed by atoms with Crippen molar-refractivity contribution >= 4 is 15.2 Å². The SMILES string of the molecule is C[N+](C)(C)CCCC(O)(P(=O)(O)O)P(=O)(O)O.[I-]. The molecular weight excluding hydrogens is 399 g/mol.